The summed E-state index contributed by atoms with van der Waals surface area (Å²) in [5, 5.41) is 0.679. The van der Waals surface area contributed by atoms with Crippen LogP contribution in [0.4, 0.5) is 13.2 Å². The molecule has 1 aromatic heterocycles. The molecular weight excluding hydrogens is 291 g/mol. The maximum Gasteiger partial charge on any atom is 0.416 e. The van der Waals surface area contributed by atoms with E-state index in [1.165, 1.54) is 0 Å². The summed E-state index contributed by atoms with van der Waals surface area (Å²) in [6.45, 7) is 3.60. The molecule has 2 nitrogen and oxygen atoms in total. The summed E-state index contributed by atoms with van der Waals surface area (Å²) in [6.07, 6.45) is -1.77. The fourth-order valence-corrected chi connectivity index (χ4v) is 2.77. The zero-order valence-electron chi connectivity index (χ0n) is 12.5. The second kappa shape index (κ2) is 4.73. The van der Waals surface area contributed by atoms with Gasteiger partial charge in [-0.2, -0.15) is 13.2 Å². The number of carbonyl (C=O) groups is 1. The second-order valence-corrected chi connectivity index (χ2v) is 5.58. The van der Waals surface area contributed by atoms with E-state index in [1.54, 1.807) is 24.6 Å². The first-order valence-corrected chi connectivity index (χ1v) is 7.04. The quantitative estimate of drug-likeness (QED) is 0.759. The number of rotatable bonds is 3. The Morgan fingerprint density at radius 1 is 1.23 bits per heavy atom. The van der Waals surface area contributed by atoms with Crippen molar-refractivity contribution in [3.63, 3.8) is 0 Å². The third kappa shape index (κ3) is 2.25. The highest BCUT2D eigenvalue weighted by molar-refractivity contribution is 6.16. The second-order valence-electron chi connectivity index (χ2n) is 5.58. The molecule has 3 rings (SSSR count). The minimum absolute atomic E-state index is 0.122. The van der Waals surface area contributed by atoms with Crippen LogP contribution in [0.3, 0.4) is 0 Å². The fraction of sp³-hybridized carbons (Fsp3) is 0.294. The van der Waals surface area contributed by atoms with Gasteiger partial charge >= 0.3 is 6.18 Å². The average Bonchev–Trinajstić information content (AvgIpc) is 3.15. The molecular formula is C17H15F3NO. The third-order valence-electron chi connectivity index (χ3n) is 4.14. The number of alkyl halides is 3. The first kappa shape index (κ1) is 14.9. The lowest BCUT2D eigenvalue weighted by Gasteiger charge is -2.09. The Hall–Kier alpha value is -2.04. The van der Waals surface area contributed by atoms with E-state index < -0.39 is 11.7 Å². The van der Waals surface area contributed by atoms with E-state index in [1.807, 2.05) is 13.3 Å². The molecule has 0 saturated carbocycles. The third-order valence-corrected chi connectivity index (χ3v) is 4.14. The van der Waals surface area contributed by atoms with Gasteiger partial charge in [0.05, 0.1) is 11.3 Å². The normalized spacial score (nSPS) is 14.8. The van der Waals surface area contributed by atoms with E-state index >= 15 is 0 Å². The molecule has 0 unspecified atom stereocenters. The lowest BCUT2D eigenvalue weighted by atomic mass is 10.1. The molecule has 0 spiro atoms. The predicted octanol–water partition coefficient (Wildman–Crippen LogP) is 4.61. The molecule has 1 aromatic carbocycles. The van der Waals surface area contributed by atoms with Crippen molar-refractivity contribution >= 4 is 16.7 Å². The van der Waals surface area contributed by atoms with E-state index in [0.29, 0.717) is 27.7 Å². The number of hydrogen-bond acceptors (Lipinski definition) is 1. The molecule has 0 N–H and O–H groups in total. The number of Topliss-reactive ketones (excluding diaryl/α,β-unsaturated/α-hetero) is 1. The van der Waals surface area contributed by atoms with Gasteiger partial charge < -0.3 is 4.57 Å². The SMILES string of the molecule is CCC1=C(C(=O)c2cc3c(C)cc(C(F)(F)F)cc3n2C)[CH]1. The van der Waals surface area contributed by atoms with Crippen molar-refractivity contribution in [3.05, 3.63) is 52.6 Å². The van der Waals surface area contributed by atoms with Gasteiger partial charge in [0.25, 0.3) is 0 Å². The Kier molecular flexibility index (Phi) is 3.20. The van der Waals surface area contributed by atoms with Crippen molar-refractivity contribution in [1.29, 1.82) is 0 Å². The molecule has 115 valence electrons. The summed E-state index contributed by atoms with van der Waals surface area (Å²) in [7, 11) is 1.63. The molecule has 5 heteroatoms. The smallest absolute Gasteiger partial charge is 0.341 e. The molecule has 1 heterocycles. The van der Waals surface area contributed by atoms with Gasteiger partial charge in [0.15, 0.2) is 0 Å². The molecule has 0 bridgehead atoms. The van der Waals surface area contributed by atoms with Crippen molar-refractivity contribution in [2.75, 3.05) is 0 Å². The molecule has 1 aliphatic carbocycles. The van der Waals surface area contributed by atoms with Crippen LogP contribution < -0.4 is 0 Å². The number of hydrogen-bond donors (Lipinski definition) is 0. The maximum atomic E-state index is 12.9. The van der Waals surface area contributed by atoms with Crippen LogP contribution >= 0.6 is 0 Å². The van der Waals surface area contributed by atoms with E-state index in [2.05, 4.69) is 0 Å². The number of benzene rings is 1. The van der Waals surface area contributed by atoms with Gasteiger partial charge in [0.2, 0.25) is 5.78 Å². The van der Waals surface area contributed by atoms with Gasteiger partial charge in [-0.1, -0.05) is 12.5 Å². The van der Waals surface area contributed by atoms with Gasteiger partial charge in [-0.05, 0) is 37.1 Å². The molecule has 0 aliphatic heterocycles. The predicted molar refractivity (Wildman–Crippen MR) is 78.6 cm³/mol. The molecule has 0 amide bonds. The van der Waals surface area contributed by atoms with Crippen molar-refractivity contribution in [2.45, 2.75) is 26.4 Å². The molecule has 0 saturated heterocycles. The molecule has 1 aliphatic rings. The van der Waals surface area contributed by atoms with Gasteiger partial charge in [-0.3, -0.25) is 4.79 Å². The number of nitrogens with zero attached hydrogens (tertiary/aromatic N) is 1. The Labute approximate surface area is 126 Å². The van der Waals surface area contributed by atoms with Crippen molar-refractivity contribution in [3.8, 4) is 0 Å². The van der Waals surface area contributed by atoms with Crippen LogP contribution in [-0.4, -0.2) is 10.4 Å². The highest BCUT2D eigenvalue weighted by Gasteiger charge is 2.33. The van der Waals surface area contributed by atoms with Crippen LogP contribution in [0.5, 0.6) is 0 Å². The maximum absolute atomic E-state index is 12.9. The van der Waals surface area contributed by atoms with Gasteiger partial charge in [-0.15, -0.1) is 0 Å². The minimum Gasteiger partial charge on any atom is -0.341 e. The zero-order valence-corrected chi connectivity index (χ0v) is 12.5. The molecule has 22 heavy (non-hydrogen) atoms. The standard InChI is InChI=1S/C17H15F3NO/c1-4-10-6-13(10)16(22)15-8-12-9(2)5-11(17(18,19)20)7-14(12)21(15)3/h5-8H,4H2,1-3H3. The van der Waals surface area contributed by atoms with Gasteiger partial charge in [0, 0.05) is 29.9 Å². The molecule has 0 fully saturated rings. The van der Waals surface area contributed by atoms with E-state index in [9.17, 15) is 18.0 Å². The highest BCUT2D eigenvalue weighted by Crippen LogP contribution is 2.37. The fourth-order valence-electron chi connectivity index (χ4n) is 2.77. The van der Waals surface area contributed by atoms with Crippen molar-refractivity contribution < 1.29 is 18.0 Å². The number of aryl methyl sites for hydroxylation is 2. The summed E-state index contributed by atoms with van der Waals surface area (Å²) in [5.41, 5.74) is 2.38. The van der Waals surface area contributed by atoms with Gasteiger partial charge in [0.1, 0.15) is 0 Å². The summed E-state index contributed by atoms with van der Waals surface area (Å²) in [6, 6.07) is 3.90. The van der Waals surface area contributed by atoms with Gasteiger partial charge in [-0.25, -0.2) is 0 Å². The van der Waals surface area contributed by atoms with Crippen molar-refractivity contribution in [1.82, 2.24) is 4.57 Å². The average molecular weight is 306 g/mol. The van der Waals surface area contributed by atoms with Crippen LogP contribution in [0, 0.1) is 13.3 Å². The van der Waals surface area contributed by atoms with Crippen molar-refractivity contribution in [2.24, 2.45) is 7.05 Å². The number of halogens is 3. The Morgan fingerprint density at radius 3 is 2.45 bits per heavy atom. The van der Waals surface area contributed by atoms with E-state index in [4.69, 9.17) is 0 Å². The lowest BCUT2D eigenvalue weighted by molar-refractivity contribution is -0.137. The lowest BCUT2D eigenvalue weighted by Crippen LogP contribution is -2.07. The first-order chi connectivity index (χ1) is 10.2. The molecule has 0 atom stereocenters. The van der Waals surface area contributed by atoms with E-state index in [0.717, 1.165) is 24.1 Å². The summed E-state index contributed by atoms with van der Waals surface area (Å²) in [4.78, 5) is 12.4. The van der Waals surface area contributed by atoms with Crippen LogP contribution in [0.1, 0.15) is 35.0 Å². The number of carbonyl (C=O) groups excluding carboxylic acids is 1. The number of fused-ring (bicyclic) bond motifs is 1. The number of aromatic nitrogens is 1. The molecule has 1 radical (unpaired) electrons. The largest absolute Gasteiger partial charge is 0.416 e. The van der Waals surface area contributed by atoms with Crippen LogP contribution in [-0.2, 0) is 13.2 Å². The summed E-state index contributed by atoms with van der Waals surface area (Å²) >= 11 is 0. The van der Waals surface area contributed by atoms with Crippen LogP contribution in [0.15, 0.2) is 29.3 Å². The zero-order chi connectivity index (χ0) is 16.2. The summed E-state index contributed by atoms with van der Waals surface area (Å²) < 4.78 is 40.4. The number of allylic oxidation sites excluding steroid dienone is 2. The van der Waals surface area contributed by atoms with Crippen LogP contribution in [0.2, 0.25) is 0 Å². The molecule has 2 aromatic rings. The highest BCUT2D eigenvalue weighted by atomic mass is 19.4. The number of ketones is 1. The Morgan fingerprint density at radius 2 is 1.91 bits per heavy atom. The van der Waals surface area contributed by atoms with E-state index in [-0.39, 0.29) is 5.78 Å². The topological polar surface area (TPSA) is 22.0 Å². The first-order valence-electron chi connectivity index (χ1n) is 7.04. The minimum atomic E-state index is -4.39. The Bertz CT molecular complexity index is 825. The van der Waals surface area contributed by atoms with Crippen LogP contribution in [0.25, 0.3) is 10.9 Å². The Balaban J connectivity index is 2.16. The monoisotopic (exact) mass is 306 g/mol. The summed E-state index contributed by atoms with van der Waals surface area (Å²) in [5.74, 6) is -0.122.